The van der Waals surface area contributed by atoms with Gasteiger partial charge in [-0.25, -0.2) is 4.79 Å². The second kappa shape index (κ2) is 5.80. The van der Waals surface area contributed by atoms with Crippen molar-refractivity contribution in [1.82, 2.24) is 4.90 Å². The third kappa shape index (κ3) is 3.40. The van der Waals surface area contributed by atoms with E-state index in [1.165, 1.54) is 14.0 Å². The smallest absolute Gasteiger partial charge is 0.338 e. The molecule has 0 spiro atoms. The van der Waals surface area contributed by atoms with Crippen LogP contribution in [0.2, 0.25) is 0 Å². The van der Waals surface area contributed by atoms with E-state index in [4.69, 9.17) is 5.73 Å². The zero-order valence-corrected chi connectivity index (χ0v) is 11.0. The molecule has 100 valence electrons. The Balaban J connectivity index is 2.68. The Bertz CT molecular complexity index is 268. The normalized spacial score (nSPS) is 29.7. The van der Waals surface area contributed by atoms with Crippen molar-refractivity contribution in [2.24, 2.45) is 11.7 Å². The zero-order valence-electron chi connectivity index (χ0n) is 11.0. The predicted octanol–water partition coefficient (Wildman–Crippen LogP) is -0.0304. The summed E-state index contributed by atoms with van der Waals surface area (Å²) < 4.78 is 4.61. The maximum atomic E-state index is 11.5. The summed E-state index contributed by atoms with van der Waals surface area (Å²) in [5.41, 5.74) is 4.31. The van der Waals surface area contributed by atoms with Crippen LogP contribution in [0.5, 0.6) is 0 Å². The second-order valence-corrected chi connectivity index (χ2v) is 5.16. The lowest BCUT2D eigenvalue weighted by atomic mass is 9.89. The third-order valence-corrected chi connectivity index (χ3v) is 3.61. The predicted molar refractivity (Wildman–Crippen MR) is 65.5 cm³/mol. The van der Waals surface area contributed by atoms with E-state index in [1.54, 1.807) is 0 Å². The summed E-state index contributed by atoms with van der Waals surface area (Å²) in [6.45, 7) is 5.37. The molecular formula is C12H24N2O3. The van der Waals surface area contributed by atoms with Crippen molar-refractivity contribution in [3.8, 4) is 0 Å². The first kappa shape index (κ1) is 14.4. The van der Waals surface area contributed by atoms with E-state index in [0.717, 1.165) is 19.4 Å². The van der Waals surface area contributed by atoms with Gasteiger partial charge in [0.1, 0.15) is 0 Å². The molecule has 0 amide bonds. The van der Waals surface area contributed by atoms with Crippen molar-refractivity contribution in [2.75, 3.05) is 26.7 Å². The highest BCUT2D eigenvalue weighted by atomic mass is 16.5. The Morgan fingerprint density at radius 3 is 2.82 bits per heavy atom. The molecule has 3 atom stereocenters. The summed E-state index contributed by atoms with van der Waals surface area (Å²) in [6, 6.07) is 0.236. The quantitative estimate of drug-likeness (QED) is 0.679. The highest BCUT2D eigenvalue weighted by Crippen LogP contribution is 2.24. The van der Waals surface area contributed by atoms with Crippen LogP contribution in [0.1, 0.15) is 26.7 Å². The number of β-amino-alcohol motifs (C(OH)–C–C–N with tert-alkyl or cyclic N) is 1. The minimum absolute atomic E-state index is 0.236. The molecule has 0 aliphatic carbocycles. The molecule has 1 aliphatic heterocycles. The minimum Gasteiger partial charge on any atom is -0.467 e. The Kier molecular flexibility index (Phi) is 4.91. The number of nitrogens with zero attached hydrogens (tertiary/aromatic N) is 1. The largest absolute Gasteiger partial charge is 0.467 e. The van der Waals surface area contributed by atoms with Gasteiger partial charge in [0.15, 0.2) is 5.60 Å². The maximum Gasteiger partial charge on any atom is 0.338 e. The van der Waals surface area contributed by atoms with Crippen LogP contribution in [0, 0.1) is 5.92 Å². The van der Waals surface area contributed by atoms with E-state index in [1.807, 2.05) is 0 Å². The summed E-state index contributed by atoms with van der Waals surface area (Å²) in [6.07, 6.45) is 2.23. The van der Waals surface area contributed by atoms with Gasteiger partial charge in [-0.2, -0.15) is 0 Å². The van der Waals surface area contributed by atoms with E-state index in [-0.39, 0.29) is 12.6 Å². The Hall–Kier alpha value is -0.650. The summed E-state index contributed by atoms with van der Waals surface area (Å²) in [4.78, 5) is 13.6. The molecule has 0 saturated carbocycles. The lowest BCUT2D eigenvalue weighted by molar-refractivity contribution is -0.163. The SMILES string of the molecule is COC(=O)C(C)(O)CN1CCCC(C)C1CN. The molecule has 1 rings (SSSR count). The van der Waals surface area contributed by atoms with Crippen LogP contribution >= 0.6 is 0 Å². The van der Waals surface area contributed by atoms with Crippen LogP contribution in [0.25, 0.3) is 0 Å². The topological polar surface area (TPSA) is 75.8 Å². The molecule has 0 radical (unpaired) electrons. The lowest BCUT2D eigenvalue weighted by Crippen LogP contribution is -2.56. The molecule has 5 nitrogen and oxygen atoms in total. The molecule has 3 N–H and O–H groups in total. The van der Waals surface area contributed by atoms with Gasteiger partial charge in [0.25, 0.3) is 0 Å². The number of carbonyl (C=O) groups is 1. The first-order chi connectivity index (χ1) is 7.92. The number of aliphatic hydroxyl groups is 1. The van der Waals surface area contributed by atoms with Gasteiger partial charge in [0.05, 0.1) is 7.11 Å². The molecule has 3 unspecified atom stereocenters. The van der Waals surface area contributed by atoms with Crippen LogP contribution < -0.4 is 5.73 Å². The van der Waals surface area contributed by atoms with E-state index in [9.17, 15) is 9.90 Å². The van der Waals surface area contributed by atoms with Crippen LogP contribution in [0.15, 0.2) is 0 Å². The number of piperidine rings is 1. The fraction of sp³-hybridized carbons (Fsp3) is 0.917. The van der Waals surface area contributed by atoms with Gasteiger partial charge < -0.3 is 15.6 Å². The number of methoxy groups -OCH3 is 1. The number of ether oxygens (including phenoxy) is 1. The van der Waals surface area contributed by atoms with Gasteiger partial charge in [-0.3, -0.25) is 4.90 Å². The number of likely N-dealkylation sites (tertiary alicyclic amines) is 1. The number of hydrogen-bond acceptors (Lipinski definition) is 5. The first-order valence-electron chi connectivity index (χ1n) is 6.17. The molecule has 1 fully saturated rings. The molecule has 0 bridgehead atoms. The van der Waals surface area contributed by atoms with Crippen LogP contribution in [-0.2, 0) is 9.53 Å². The number of esters is 1. The minimum atomic E-state index is -1.46. The average molecular weight is 244 g/mol. The van der Waals surface area contributed by atoms with Gasteiger partial charge in [-0.1, -0.05) is 6.92 Å². The highest BCUT2D eigenvalue weighted by molar-refractivity contribution is 5.78. The van der Waals surface area contributed by atoms with Gasteiger partial charge in [-0.05, 0) is 32.2 Å². The van der Waals surface area contributed by atoms with Crippen molar-refractivity contribution < 1.29 is 14.6 Å². The number of carbonyl (C=O) groups excluding carboxylic acids is 1. The molecule has 0 aromatic carbocycles. The summed E-state index contributed by atoms with van der Waals surface area (Å²) >= 11 is 0. The molecule has 1 heterocycles. The van der Waals surface area contributed by atoms with E-state index in [2.05, 4.69) is 16.6 Å². The molecule has 1 aliphatic rings. The number of rotatable bonds is 4. The second-order valence-electron chi connectivity index (χ2n) is 5.16. The van der Waals surface area contributed by atoms with Gasteiger partial charge in [-0.15, -0.1) is 0 Å². The maximum absolute atomic E-state index is 11.5. The van der Waals surface area contributed by atoms with Gasteiger partial charge in [0.2, 0.25) is 0 Å². The highest BCUT2D eigenvalue weighted by Gasteiger charge is 2.37. The summed E-state index contributed by atoms with van der Waals surface area (Å²) in [5.74, 6) is -0.0892. The Morgan fingerprint density at radius 2 is 2.29 bits per heavy atom. The Morgan fingerprint density at radius 1 is 1.65 bits per heavy atom. The van der Waals surface area contributed by atoms with Gasteiger partial charge in [0, 0.05) is 19.1 Å². The first-order valence-corrected chi connectivity index (χ1v) is 6.17. The monoisotopic (exact) mass is 244 g/mol. The molecule has 1 saturated heterocycles. The molecule has 17 heavy (non-hydrogen) atoms. The van der Waals surface area contributed by atoms with E-state index < -0.39 is 11.6 Å². The van der Waals surface area contributed by atoms with Crippen LogP contribution in [-0.4, -0.2) is 54.4 Å². The number of nitrogens with two attached hydrogens (primary N) is 1. The Labute approximate surface area is 103 Å². The van der Waals surface area contributed by atoms with Gasteiger partial charge >= 0.3 is 5.97 Å². The fourth-order valence-corrected chi connectivity index (χ4v) is 2.59. The third-order valence-electron chi connectivity index (χ3n) is 3.61. The van der Waals surface area contributed by atoms with E-state index in [0.29, 0.717) is 12.5 Å². The standard InChI is InChI=1S/C12H24N2O3/c1-9-5-4-6-14(10(9)7-13)8-12(2,16)11(15)17-3/h9-10,16H,4-8,13H2,1-3H3. The number of hydrogen-bond donors (Lipinski definition) is 2. The summed E-state index contributed by atoms with van der Waals surface area (Å²) in [7, 11) is 1.29. The van der Waals surface area contributed by atoms with E-state index >= 15 is 0 Å². The zero-order chi connectivity index (χ0) is 13.1. The van der Waals surface area contributed by atoms with Crippen molar-refractivity contribution >= 4 is 5.97 Å². The fourth-order valence-electron chi connectivity index (χ4n) is 2.59. The molecule has 5 heteroatoms. The lowest BCUT2D eigenvalue weighted by Gasteiger charge is -2.41. The van der Waals surface area contributed by atoms with Crippen molar-refractivity contribution in [1.29, 1.82) is 0 Å². The van der Waals surface area contributed by atoms with Crippen molar-refractivity contribution in [3.05, 3.63) is 0 Å². The molecular weight excluding hydrogens is 220 g/mol. The van der Waals surface area contributed by atoms with Crippen LogP contribution in [0.3, 0.4) is 0 Å². The summed E-state index contributed by atoms with van der Waals surface area (Å²) in [5, 5.41) is 10.1. The van der Waals surface area contributed by atoms with Crippen LogP contribution in [0.4, 0.5) is 0 Å². The van der Waals surface area contributed by atoms with Crippen molar-refractivity contribution in [3.63, 3.8) is 0 Å². The molecule has 0 aromatic heterocycles. The molecule has 0 aromatic rings. The van der Waals surface area contributed by atoms with Crippen molar-refractivity contribution in [2.45, 2.75) is 38.3 Å². The average Bonchev–Trinajstić information content (AvgIpc) is 2.27.